The first-order chi connectivity index (χ1) is 26.5. The Bertz CT molecular complexity index is 1040. The van der Waals surface area contributed by atoms with Gasteiger partial charge in [-0.15, -0.1) is 11.8 Å². The van der Waals surface area contributed by atoms with Gasteiger partial charge in [0.25, 0.3) is 0 Å². The van der Waals surface area contributed by atoms with Crippen LogP contribution >= 0.6 is 11.8 Å². The van der Waals surface area contributed by atoms with Crippen LogP contribution in [0.5, 0.6) is 0 Å². The summed E-state index contributed by atoms with van der Waals surface area (Å²) in [6.07, 6.45) is 20.4. The Labute approximate surface area is 362 Å². The average Bonchev–Trinajstić information content (AvgIpc) is 3.24. The molecule has 0 N–H and O–H groups in total. The second-order valence-electron chi connectivity index (χ2n) is 11.7. The van der Waals surface area contributed by atoms with Crippen LogP contribution < -0.4 is 0 Å². The van der Waals surface area contributed by atoms with E-state index in [0.717, 1.165) is 63.5 Å². The predicted molar refractivity (Wildman–Crippen MR) is 264 cm³/mol. The summed E-state index contributed by atoms with van der Waals surface area (Å²) in [6, 6.07) is 0. The Morgan fingerprint density at radius 1 is 0.561 bits per heavy atom. The van der Waals surface area contributed by atoms with Gasteiger partial charge in [-0.1, -0.05) is 153 Å². The van der Waals surface area contributed by atoms with Crippen LogP contribution in [0.1, 0.15) is 181 Å². The van der Waals surface area contributed by atoms with Crippen molar-refractivity contribution < 1.29 is 31.2 Å². The SMILES string of the molecule is C/C=C\C(=O)CC.C/C=C\CC.C=C(CC)CC.C=C(CC)CC.C=C(CC)OC.C=C(CC)SC.CCCC(=O)CC.CCS(=O)(=O)CC.CCS(=O)(=O)CC. The molecule has 0 rings (SSSR count). The zero-order valence-corrected chi connectivity index (χ0v) is 43.3. The summed E-state index contributed by atoms with van der Waals surface area (Å²) in [4.78, 5) is 22.0. The van der Waals surface area contributed by atoms with Gasteiger partial charge in [-0.3, -0.25) is 9.59 Å². The van der Waals surface area contributed by atoms with E-state index in [-0.39, 0.29) is 28.8 Å². The Balaban J connectivity index is -0.0000000651. The van der Waals surface area contributed by atoms with E-state index in [0.29, 0.717) is 18.6 Å². The highest BCUT2D eigenvalue weighted by Gasteiger charge is 2.00. The van der Waals surface area contributed by atoms with Crippen LogP contribution in [0, 0.1) is 0 Å². The molecule has 0 atom stereocenters. The molecule has 0 heterocycles. The van der Waals surface area contributed by atoms with Crippen molar-refractivity contribution in [3.63, 3.8) is 0 Å². The van der Waals surface area contributed by atoms with E-state index in [4.69, 9.17) is 4.74 Å². The molecule has 10 heteroatoms. The monoisotopic (exact) mass is 869 g/mol. The van der Waals surface area contributed by atoms with Crippen LogP contribution in [0.25, 0.3) is 0 Å². The molecule has 0 aliphatic heterocycles. The number of hydrogen-bond acceptors (Lipinski definition) is 8. The molecule has 0 aromatic heterocycles. The van der Waals surface area contributed by atoms with Crippen molar-refractivity contribution in [3.8, 4) is 0 Å². The number of sulfone groups is 2. The van der Waals surface area contributed by atoms with Gasteiger partial charge in [0.15, 0.2) is 5.78 Å². The zero-order valence-electron chi connectivity index (χ0n) is 40.8. The fraction of sp³-hybridized carbons (Fsp3) is 0.702. The highest BCUT2D eigenvalue weighted by molar-refractivity contribution is 8.02. The normalized spacial score (nSPS) is 9.51. The van der Waals surface area contributed by atoms with Crippen LogP contribution in [-0.2, 0) is 34.0 Å². The van der Waals surface area contributed by atoms with Gasteiger partial charge in [0, 0.05) is 48.7 Å². The first kappa shape index (κ1) is 75.6. The fourth-order valence-corrected chi connectivity index (χ4v) is 3.30. The van der Waals surface area contributed by atoms with E-state index in [1.54, 1.807) is 58.7 Å². The van der Waals surface area contributed by atoms with Crippen LogP contribution in [0.4, 0.5) is 0 Å². The summed E-state index contributed by atoms with van der Waals surface area (Å²) >= 11 is 1.73. The molecule has 0 saturated heterocycles. The summed E-state index contributed by atoms with van der Waals surface area (Å²) in [7, 11) is -3.68. The predicted octanol–water partition coefficient (Wildman–Crippen LogP) is 14.7. The maximum atomic E-state index is 10.4. The number of allylic oxidation sites excluding steroid dienone is 8. The molecule has 0 radical (unpaired) electrons. The highest BCUT2D eigenvalue weighted by Crippen LogP contribution is 2.10. The van der Waals surface area contributed by atoms with Gasteiger partial charge in [0.1, 0.15) is 25.5 Å². The van der Waals surface area contributed by atoms with Crippen molar-refractivity contribution in [1.82, 2.24) is 0 Å². The van der Waals surface area contributed by atoms with E-state index in [2.05, 4.69) is 80.0 Å². The Morgan fingerprint density at radius 2 is 0.930 bits per heavy atom. The highest BCUT2D eigenvalue weighted by atomic mass is 32.2. The molecule has 0 saturated carbocycles. The van der Waals surface area contributed by atoms with Gasteiger partial charge in [0.05, 0.1) is 12.9 Å². The number of carbonyl (C=O) groups excluding carboxylic acids is 2. The number of ether oxygens (including phenoxy) is 1. The molecular formula is C47H96O7S3. The van der Waals surface area contributed by atoms with E-state index < -0.39 is 19.7 Å². The van der Waals surface area contributed by atoms with Gasteiger partial charge in [-0.05, 0) is 76.0 Å². The molecule has 0 spiro atoms. The van der Waals surface area contributed by atoms with E-state index in [9.17, 15) is 26.4 Å². The summed E-state index contributed by atoms with van der Waals surface area (Å²) in [5.41, 5.74) is 2.69. The number of ketones is 2. The second-order valence-corrected chi connectivity index (χ2v) is 18.0. The third kappa shape index (κ3) is 101. The number of rotatable bonds is 18. The number of methoxy groups -OCH3 is 1. The molecule has 7 nitrogen and oxygen atoms in total. The van der Waals surface area contributed by atoms with E-state index in [1.807, 2.05) is 47.8 Å². The molecule has 0 fully saturated rings. The summed E-state index contributed by atoms with van der Waals surface area (Å²) in [5, 5.41) is 0. The smallest absolute Gasteiger partial charge is 0.155 e. The molecule has 0 aliphatic rings. The molecule has 57 heavy (non-hydrogen) atoms. The molecule has 0 unspecified atom stereocenters. The lowest BCUT2D eigenvalue weighted by Gasteiger charge is -1.94. The van der Waals surface area contributed by atoms with Crippen molar-refractivity contribution in [2.75, 3.05) is 36.4 Å². The lowest BCUT2D eigenvalue weighted by atomic mass is 10.2. The molecule has 344 valence electrons. The molecule has 0 bridgehead atoms. The van der Waals surface area contributed by atoms with Crippen LogP contribution in [0.3, 0.4) is 0 Å². The van der Waals surface area contributed by atoms with Crippen molar-refractivity contribution in [2.45, 2.75) is 181 Å². The van der Waals surface area contributed by atoms with E-state index >= 15 is 0 Å². The van der Waals surface area contributed by atoms with E-state index in [1.165, 1.54) is 16.1 Å². The topological polar surface area (TPSA) is 112 Å². The third-order valence-electron chi connectivity index (χ3n) is 7.22. The van der Waals surface area contributed by atoms with Crippen LogP contribution in [-0.4, -0.2) is 64.8 Å². The first-order valence-corrected chi connectivity index (χ1v) is 25.8. The first-order valence-electron chi connectivity index (χ1n) is 21.0. The molecule has 0 amide bonds. The lowest BCUT2D eigenvalue weighted by molar-refractivity contribution is -0.118. The number of carbonyl (C=O) groups is 2. The van der Waals surface area contributed by atoms with Crippen molar-refractivity contribution in [2.24, 2.45) is 0 Å². The number of thioether (sulfide) groups is 1. The minimum atomic E-state index is -2.66. The van der Waals surface area contributed by atoms with Crippen molar-refractivity contribution in [1.29, 1.82) is 0 Å². The molecule has 0 aromatic rings. The third-order valence-corrected chi connectivity index (χ3v) is 11.6. The molecular weight excluding hydrogens is 773 g/mol. The van der Waals surface area contributed by atoms with Crippen molar-refractivity contribution >= 4 is 43.0 Å². The van der Waals surface area contributed by atoms with Crippen LogP contribution in [0.2, 0.25) is 0 Å². The Kier molecular flexibility index (Phi) is 83.6. The number of Topliss-reactive ketones (excluding diaryl/α,β-unsaturated/α-hetero) is 1. The minimum Gasteiger partial charge on any atom is -0.502 e. The lowest BCUT2D eigenvalue weighted by Crippen LogP contribution is -2.04. The fourth-order valence-electron chi connectivity index (χ4n) is 2.19. The molecule has 0 aliphatic carbocycles. The van der Waals surface area contributed by atoms with Gasteiger partial charge in [0.2, 0.25) is 0 Å². The van der Waals surface area contributed by atoms with Gasteiger partial charge in [-0.25, -0.2) is 16.8 Å². The maximum Gasteiger partial charge on any atom is 0.155 e. The zero-order chi connectivity index (χ0) is 47.3. The van der Waals surface area contributed by atoms with Gasteiger partial charge in [-0.2, -0.15) is 0 Å². The van der Waals surface area contributed by atoms with Crippen molar-refractivity contribution in [3.05, 3.63) is 72.4 Å². The second kappa shape index (κ2) is 63.0. The quantitative estimate of drug-likeness (QED) is 0.0760. The standard InChI is InChI=1S/C6H12O.C6H10O.2C6H12.C5H10O.C5H10S.C5H10.2C4H10O2S/c2*1-3-5-6(7)4-2;2*1-4-6(3)5-2;2*1-4-5(2)6-3;1-3-5-4-2;2*1-3-7(5,6)4-2/h3-5H2,1-2H3;3,5H,4H2,1-2H3;2*3-5H2,1-2H3;2*2,4H2,1,3H3;3,5H,4H2,1-2H3;2*3-4H2,1-2H3/b;5-3-;;;;;5-3-;;. The van der Waals surface area contributed by atoms with Crippen LogP contribution in [0.15, 0.2) is 72.4 Å². The minimum absolute atomic E-state index is 0.197. The average molecular weight is 869 g/mol. The summed E-state index contributed by atoms with van der Waals surface area (Å²) in [6.45, 7) is 45.9. The Morgan fingerprint density at radius 3 is 0.965 bits per heavy atom. The Hall–Kier alpha value is -2.17. The van der Waals surface area contributed by atoms with Gasteiger partial charge >= 0.3 is 0 Å². The molecule has 0 aromatic carbocycles. The maximum absolute atomic E-state index is 10.4. The largest absolute Gasteiger partial charge is 0.502 e. The summed E-state index contributed by atoms with van der Waals surface area (Å²) in [5.74, 6) is 2.49. The van der Waals surface area contributed by atoms with Gasteiger partial charge < -0.3 is 4.74 Å². The summed E-state index contributed by atoms with van der Waals surface area (Å²) < 4.78 is 46.2. The number of hydrogen-bond donors (Lipinski definition) is 0.